The molecule has 0 saturated carbocycles. The van der Waals surface area contributed by atoms with Crippen molar-refractivity contribution < 1.29 is 0 Å². The van der Waals surface area contributed by atoms with Crippen LogP contribution in [0.25, 0.3) is 0 Å². The molecule has 0 spiro atoms. The molecule has 1 aromatic rings. The maximum absolute atomic E-state index is 2.33. The maximum Gasteiger partial charge on any atom is 0.0104 e. The molecule has 0 nitrogen and oxygen atoms in total. The smallest absolute Gasteiger partial charge is 0.0104 e. The zero-order valence-electron chi connectivity index (χ0n) is 8.92. The fourth-order valence-electron chi connectivity index (χ4n) is 1.41. The number of hydrogen-bond donors (Lipinski definition) is 0. The average Bonchev–Trinajstić information content (AvgIpc) is 2.16. The van der Waals surface area contributed by atoms with Crippen molar-refractivity contribution >= 4 is 11.8 Å². The van der Waals surface area contributed by atoms with Gasteiger partial charge in [0.25, 0.3) is 0 Å². The number of hydrogen-bond acceptors (Lipinski definition) is 1. The topological polar surface area (TPSA) is 0 Å². The number of rotatable bonds is 3. The predicted octanol–water partition coefficient (Wildman–Crippen LogP) is 4.09. The van der Waals surface area contributed by atoms with E-state index in [4.69, 9.17) is 0 Å². The van der Waals surface area contributed by atoms with Gasteiger partial charge in [0.1, 0.15) is 0 Å². The first-order valence-electron chi connectivity index (χ1n) is 4.85. The van der Waals surface area contributed by atoms with Crippen molar-refractivity contribution in [1.82, 2.24) is 0 Å². The Bertz CT molecular complexity index is 276. The first-order valence-corrected chi connectivity index (χ1v) is 6.08. The van der Waals surface area contributed by atoms with Gasteiger partial charge in [0.05, 0.1) is 0 Å². The second kappa shape index (κ2) is 4.71. The molecule has 0 atom stereocenters. The summed E-state index contributed by atoms with van der Waals surface area (Å²) in [6.07, 6.45) is 3.28. The van der Waals surface area contributed by atoms with Crippen LogP contribution in [0, 0.1) is 0 Å². The Morgan fingerprint density at radius 1 is 1.31 bits per heavy atom. The Kier molecular flexibility index (Phi) is 3.86. The summed E-state index contributed by atoms with van der Waals surface area (Å²) < 4.78 is 0. The van der Waals surface area contributed by atoms with E-state index in [0.29, 0.717) is 5.92 Å². The summed E-state index contributed by atoms with van der Waals surface area (Å²) in [5, 5.41) is 0. The Morgan fingerprint density at radius 2 is 2.00 bits per heavy atom. The van der Waals surface area contributed by atoms with Crippen molar-refractivity contribution in [3.05, 3.63) is 29.3 Å². The number of thioether (sulfide) groups is 1. The lowest BCUT2D eigenvalue weighted by Gasteiger charge is -2.10. The molecule has 0 aliphatic carbocycles. The van der Waals surface area contributed by atoms with Crippen LogP contribution in [0.5, 0.6) is 0 Å². The van der Waals surface area contributed by atoms with Gasteiger partial charge in [-0.05, 0) is 35.8 Å². The third-order valence-electron chi connectivity index (χ3n) is 2.36. The van der Waals surface area contributed by atoms with Gasteiger partial charge in [-0.15, -0.1) is 11.8 Å². The van der Waals surface area contributed by atoms with Crippen molar-refractivity contribution in [1.29, 1.82) is 0 Å². The minimum atomic E-state index is 0.636. The van der Waals surface area contributed by atoms with Crippen LogP contribution in [0.15, 0.2) is 23.1 Å². The molecule has 0 aliphatic rings. The molecule has 72 valence electrons. The van der Waals surface area contributed by atoms with Crippen LogP contribution < -0.4 is 0 Å². The van der Waals surface area contributed by atoms with Crippen LogP contribution in [-0.2, 0) is 6.42 Å². The second-order valence-corrected chi connectivity index (χ2v) is 4.43. The van der Waals surface area contributed by atoms with E-state index in [9.17, 15) is 0 Å². The Labute approximate surface area is 85.7 Å². The van der Waals surface area contributed by atoms with E-state index in [0.717, 1.165) is 6.42 Å². The highest BCUT2D eigenvalue weighted by Gasteiger charge is 2.03. The van der Waals surface area contributed by atoms with E-state index < -0.39 is 0 Å². The molecule has 0 aromatic heterocycles. The van der Waals surface area contributed by atoms with Gasteiger partial charge in [0, 0.05) is 4.90 Å². The van der Waals surface area contributed by atoms with Crippen LogP contribution in [0.2, 0.25) is 0 Å². The molecule has 0 N–H and O–H groups in total. The van der Waals surface area contributed by atoms with Gasteiger partial charge in [-0.3, -0.25) is 0 Å². The van der Waals surface area contributed by atoms with Gasteiger partial charge in [-0.25, -0.2) is 0 Å². The van der Waals surface area contributed by atoms with Crippen LogP contribution in [0.1, 0.15) is 37.8 Å². The maximum atomic E-state index is 2.33. The lowest BCUT2D eigenvalue weighted by molar-refractivity contribution is 0.858. The fraction of sp³-hybridized carbons (Fsp3) is 0.500. The molecule has 0 heterocycles. The molecule has 1 aromatic carbocycles. The van der Waals surface area contributed by atoms with Crippen molar-refractivity contribution in [2.45, 2.75) is 38.0 Å². The van der Waals surface area contributed by atoms with E-state index >= 15 is 0 Å². The van der Waals surface area contributed by atoms with Gasteiger partial charge < -0.3 is 0 Å². The van der Waals surface area contributed by atoms with Crippen molar-refractivity contribution in [3.8, 4) is 0 Å². The minimum absolute atomic E-state index is 0.636. The monoisotopic (exact) mass is 194 g/mol. The molecule has 1 heteroatoms. The SMILES string of the molecule is CCc1ccc(C(C)C)cc1SC. The van der Waals surface area contributed by atoms with E-state index in [1.54, 1.807) is 0 Å². The van der Waals surface area contributed by atoms with Crippen molar-refractivity contribution in [2.24, 2.45) is 0 Å². The Hall–Kier alpha value is -0.430. The highest BCUT2D eigenvalue weighted by Crippen LogP contribution is 2.25. The summed E-state index contributed by atoms with van der Waals surface area (Å²) >= 11 is 1.85. The van der Waals surface area contributed by atoms with Crippen molar-refractivity contribution in [3.63, 3.8) is 0 Å². The molecule has 0 radical (unpaired) electrons. The van der Waals surface area contributed by atoms with Crippen LogP contribution >= 0.6 is 11.8 Å². The van der Waals surface area contributed by atoms with E-state index in [1.807, 2.05) is 11.8 Å². The fourth-order valence-corrected chi connectivity index (χ4v) is 2.14. The molecule has 0 unspecified atom stereocenters. The summed E-state index contributed by atoms with van der Waals surface area (Å²) in [5.74, 6) is 0.636. The molecule has 0 fully saturated rings. The van der Waals surface area contributed by atoms with Crippen LogP contribution in [0.4, 0.5) is 0 Å². The molecule has 13 heavy (non-hydrogen) atoms. The number of benzene rings is 1. The molecule has 1 rings (SSSR count). The summed E-state index contributed by atoms with van der Waals surface area (Å²) in [5.41, 5.74) is 2.92. The quantitative estimate of drug-likeness (QED) is 0.653. The third-order valence-corrected chi connectivity index (χ3v) is 3.18. The Morgan fingerprint density at radius 3 is 2.46 bits per heavy atom. The van der Waals surface area contributed by atoms with Crippen LogP contribution in [-0.4, -0.2) is 6.26 Å². The van der Waals surface area contributed by atoms with Crippen LogP contribution in [0.3, 0.4) is 0 Å². The molecule has 0 aliphatic heterocycles. The Balaban J connectivity index is 3.05. The highest BCUT2D eigenvalue weighted by atomic mass is 32.2. The molecule has 0 saturated heterocycles. The van der Waals surface area contributed by atoms with Gasteiger partial charge in [0.2, 0.25) is 0 Å². The first-order chi connectivity index (χ1) is 6.19. The van der Waals surface area contributed by atoms with Gasteiger partial charge in [-0.1, -0.05) is 32.9 Å². The lowest BCUT2D eigenvalue weighted by Crippen LogP contribution is -1.91. The molecule has 0 bridgehead atoms. The molecular weight excluding hydrogens is 176 g/mol. The van der Waals surface area contributed by atoms with E-state index in [1.165, 1.54) is 16.0 Å². The normalized spacial score (nSPS) is 10.8. The number of aryl methyl sites for hydroxylation is 1. The highest BCUT2D eigenvalue weighted by molar-refractivity contribution is 7.98. The summed E-state index contributed by atoms with van der Waals surface area (Å²) in [6.45, 7) is 6.69. The zero-order chi connectivity index (χ0) is 9.84. The summed E-state index contributed by atoms with van der Waals surface area (Å²) in [4.78, 5) is 1.44. The van der Waals surface area contributed by atoms with Gasteiger partial charge >= 0.3 is 0 Å². The summed E-state index contributed by atoms with van der Waals surface area (Å²) in [6, 6.07) is 6.85. The van der Waals surface area contributed by atoms with E-state index in [-0.39, 0.29) is 0 Å². The standard InChI is InChI=1S/C12H18S/c1-5-10-6-7-11(9(2)3)8-12(10)13-4/h6-9H,5H2,1-4H3. The minimum Gasteiger partial charge on any atom is -0.129 e. The largest absolute Gasteiger partial charge is 0.129 e. The third kappa shape index (κ3) is 2.50. The van der Waals surface area contributed by atoms with Gasteiger partial charge in [-0.2, -0.15) is 0 Å². The zero-order valence-corrected chi connectivity index (χ0v) is 9.74. The van der Waals surface area contributed by atoms with Gasteiger partial charge in [0.15, 0.2) is 0 Å². The predicted molar refractivity (Wildman–Crippen MR) is 61.7 cm³/mol. The average molecular weight is 194 g/mol. The first kappa shape index (κ1) is 10.6. The van der Waals surface area contributed by atoms with Crippen molar-refractivity contribution in [2.75, 3.05) is 6.26 Å². The summed E-state index contributed by atoms with van der Waals surface area (Å²) in [7, 11) is 0. The molecular formula is C12H18S. The van der Waals surface area contributed by atoms with E-state index in [2.05, 4.69) is 45.2 Å². The molecule has 0 amide bonds. The lowest BCUT2D eigenvalue weighted by atomic mass is 10.0. The second-order valence-electron chi connectivity index (χ2n) is 3.58.